The number of carbonyl (C=O) groups excluding carboxylic acids is 1. The van der Waals surface area contributed by atoms with Crippen LogP contribution in [0.3, 0.4) is 0 Å². The molecule has 0 radical (unpaired) electrons. The maximum Gasteiger partial charge on any atom is 0.407 e. The van der Waals surface area contributed by atoms with E-state index in [4.69, 9.17) is 37.7 Å². The molecule has 0 aliphatic carbocycles. The smallest absolute Gasteiger partial charge is 0.407 e. The molecule has 0 saturated carbocycles. The number of rotatable bonds is 14. The summed E-state index contributed by atoms with van der Waals surface area (Å²) in [6, 6.07) is 25.5. The zero-order chi connectivity index (χ0) is 35.7. The molecule has 50 heavy (non-hydrogen) atoms. The fraction of sp³-hybridized carbons (Fsp3) is 0.256. The molecular weight excluding hydrogens is 687 g/mol. The maximum atomic E-state index is 12.8. The first-order chi connectivity index (χ1) is 24.0. The summed E-state index contributed by atoms with van der Waals surface area (Å²) in [5.41, 5.74) is 5.69. The number of hydrogen-bond acceptors (Lipinski definition) is 5. The van der Waals surface area contributed by atoms with Crippen molar-refractivity contribution in [2.24, 2.45) is 0 Å². The van der Waals surface area contributed by atoms with Crippen molar-refractivity contribution >= 4 is 49.6 Å². The van der Waals surface area contributed by atoms with Crippen LogP contribution in [-0.2, 0) is 35.8 Å². The van der Waals surface area contributed by atoms with Crippen LogP contribution < -0.4 is 10.7 Å². The number of ether oxygens (including phenoxy) is 2. The normalized spacial score (nSPS) is 11.6. The molecule has 0 spiro atoms. The van der Waals surface area contributed by atoms with Crippen molar-refractivity contribution in [3.05, 3.63) is 145 Å². The standard InChI is InChI=1S/C39H42Cl2N4O4Si/c1-28-32(23-33-34(40)11-8-12-35(33)41)37(46)18-20-44(28)19-17-29-13-15-31(16-14-29)36-25-45(27-48-21-22-50(2,3)4)38(43-36)24-42-39(47)49-26-30-9-6-5-7-10-30/h5-20,25H,21-24,26-27H2,1-4H3,(H,42,47). The van der Waals surface area contributed by atoms with Crippen molar-refractivity contribution in [2.75, 3.05) is 6.61 Å². The third kappa shape index (κ3) is 10.3. The molecule has 1 N–H and O–H groups in total. The van der Waals surface area contributed by atoms with Gasteiger partial charge in [0.15, 0.2) is 5.43 Å². The topological polar surface area (TPSA) is 87.4 Å². The fourth-order valence-corrected chi connectivity index (χ4v) is 6.48. The number of alkyl carbamates (subject to hydrolysis) is 1. The molecule has 260 valence electrons. The second-order valence-corrected chi connectivity index (χ2v) is 19.7. The molecule has 1 amide bonds. The zero-order valence-corrected chi connectivity index (χ0v) is 31.3. The van der Waals surface area contributed by atoms with Gasteiger partial charge in [-0.1, -0.05) is 104 Å². The van der Waals surface area contributed by atoms with E-state index in [1.54, 1.807) is 30.5 Å². The van der Waals surface area contributed by atoms with Crippen LogP contribution in [0.5, 0.6) is 0 Å². The Hall–Kier alpha value is -4.41. The van der Waals surface area contributed by atoms with Crippen molar-refractivity contribution < 1.29 is 14.3 Å². The first-order valence-electron chi connectivity index (χ1n) is 16.5. The average Bonchev–Trinajstić information content (AvgIpc) is 3.50. The van der Waals surface area contributed by atoms with E-state index < -0.39 is 14.2 Å². The van der Waals surface area contributed by atoms with Gasteiger partial charge in [0.05, 0.1) is 12.2 Å². The number of benzene rings is 3. The first-order valence-corrected chi connectivity index (χ1v) is 20.9. The summed E-state index contributed by atoms with van der Waals surface area (Å²) in [4.78, 5) is 30.1. The minimum absolute atomic E-state index is 0.0629. The highest BCUT2D eigenvalue weighted by atomic mass is 35.5. The highest BCUT2D eigenvalue weighted by molar-refractivity contribution is 6.76. The van der Waals surface area contributed by atoms with Gasteiger partial charge >= 0.3 is 6.09 Å². The van der Waals surface area contributed by atoms with Gasteiger partial charge in [0, 0.05) is 72.6 Å². The number of nitrogens with one attached hydrogen (secondary N) is 1. The van der Waals surface area contributed by atoms with Crippen molar-refractivity contribution in [1.29, 1.82) is 0 Å². The van der Waals surface area contributed by atoms with Gasteiger partial charge in [-0.15, -0.1) is 0 Å². The van der Waals surface area contributed by atoms with Crippen molar-refractivity contribution in [3.8, 4) is 11.3 Å². The molecule has 8 nitrogen and oxygen atoms in total. The van der Waals surface area contributed by atoms with Gasteiger partial charge in [0.25, 0.3) is 0 Å². The third-order valence-electron chi connectivity index (χ3n) is 8.25. The summed E-state index contributed by atoms with van der Waals surface area (Å²) in [5.74, 6) is 0.663. The van der Waals surface area contributed by atoms with Gasteiger partial charge < -0.3 is 23.9 Å². The SMILES string of the molecule is Cc1c(Cc2c(Cl)cccc2Cl)c(=O)ccn1C=Cc1ccc(-c2cn(COCC[Si](C)(C)C)c(CNC(=O)OCc3ccccc3)n2)cc1. The fourth-order valence-electron chi connectivity index (χ4n) is 5.19. The van der Waals surface area contributed by atoms with Gasteiger partial charge in [-0.3, -0.25) is 4.79 Å². The van der Waals surface area contributed by atoms with Crippen molar-refractivity contribution in [1.82, 2.24) is 19.4 Å². The van der Waals surface area contributed by atoms with Gasteiger partial charge in [-0.05, 0) is 47.9 Å². The molecule has 0 aliphatic heterocycles. The van der Waals surface area contributed by atoms with Crippen LogP contribution >= 0.6 is 23.2 Å². The number of amides is 1. The number of carbonyl (C=O) groups is 1. The molecule has 0 unspecified atom stereocenters. The van der Waals surface area contributed by atoms with E-state index in [-0.39, 0.29) is 18.6 Å². The summed E-state index contributed by atoms with van der Waals surface area (Å²) < 4.78 is 15.3. The quantitative estimate of drug-likeness (QED) is 0.0910. The molecule has 0 bridgehead atoms. The molecule has 0 atom stereocenters. The predicted octanol–water partition coefficient (Wildman–Crippen LogP) is 9.28. The molecule has 11 heteroatoms. The van der Waals surface area contributed by atoms with Crippen LogP contribution in [0, 0.1) is 6.92 Å². The number of pyridine rings is 1. The molecular formula is C39H42Cl2N4O4Si. The van der Waals surface area contributed by atoms with Crippen LogP contribution in [0.2, 0.25) is 35.7 Å². The lowest BCUT2D eigenvalue weighted by atomic mass is 10.0. The van der Waals surface area contributed by atoms with E-state index >= 15 is 0 Å². The van der Waals surface area contributed by atoms with E-state index in [0.29, 0.717) is 41.2 Å². The van der Waals surface area contributed by atoms with Gasteiger partial charge in [0.2, 0.25) is 0 Å². The Balaban J connectivity index is 1.28. The zero-order valence-electron chi connectivity index (χ0n) is 28.8. The summed E-state index contributed by atoms with van der Waals surface area (Å²) in [5, 5.41) is 3.89. The number of hydrogen-bond donors (Lipinski definition) is 1. The molecule has 0 fully saturated rings. The number of nitrogens with zero attached hydrogens (tertiary/aromatic N) is 3. The monoisotopic (exact) mass is 728 g/mol. The predicted molar refractivity (Wildman–Crippen MR) is 205 cm³/mol. The van der Waals surface area contributed by atoms with E-state index in [9.17, 15) is 9.59 Å². The molecule has 0 saturated heterocycles. The number of aromatic nitrogens is 3. The van der Waals surface area contributed by atoms with E-state index in [0.717, 1.165) is 39.7 Å². The largest absolute Gasteiger partial charge is 0.445 e. The van der Waals surface area contributed by atoms with Crippen molar-refractivity contribution in [2.45, 2.75) is 58.9 Å². The molecule has 5 rings (SSSR count). The Morgan fingerprint density at radius 2 is 1.66 bits per heavy atom. The minimum Gasteiger partial charge on any atom is -0.445 e. The lowest BCUT2D eigenvalue weighted by Crippen LogP contribution is -2.26. The Kier molecular flexibility index (Phi) is 12.5. The summed E-state index contributed by atoms with van der Waals surface area (Å²) in [7, 11) is -1.24. The molecule has 2 aromatic heterocycles. The highest BCUT2D eigenvalue weighted by Gasteiger charge is 2.15. The minimum atomic E-state index is -1.24. The van der Waals surface area contributed by atoms with Crippen LogP contribution in [0.25, 0.3) is 23.5 Å². The van der Waals surface area contributed by atoms with Crippen LogP contribution in [0.4, 0.5) is 4.79 Å². The molecule has 2 heterocycles. The second-order valence-electron chi connectivity index (χ2n) is 13.2. The summed E-state index contributed by atoms with van der Waals surface area (Å²) >= 11 is 12.8. The molecule has 0 aliphatic rings. The Morgan fingerprint density at radius 3 is 2.36 bits per heavy atom. The average molecular weight is 730 g/mol. The van der Waals surface area contributed by atoms with E-state index in [1.165, 1.54) is 0 Å². The lowest BCUT2D eigenvalue weighted by Gasteiger charge is -2.16. The lowest BCUT2D eigenvalue weighted by molar-refractivity contribution is 0.0845. The highest BCUT2D eigenvalue weighted by Crippen LogP contribution is 2.27. The summed E-state index contributed by atoms with van der Waals surface area (Å²) in [6.45, 7) is 10.2. The van der Waals surface area contributed by atoms with Crippen LogP contribution in [0.15, 0.2) is 96.1 Å². The maximum absolute atomic E-state index is 12.8. The van der Waals surface area contributed by atoms with E-state index in [1.807, 2.05) is 89.1 Å². The third-order valence-corrected chi connectivity index (χ3v) is 10.7. The first kappa shape index (κ1) is 36.9. The van der Waals surface area contributed by atoms with Gasteiger partial charge in [0.1, 0.15) is 19.2 Å². The Labute approximate surface area is 304 Å². The Morgan fingerprint density at radius 1 is 0.940 bits per heavy atom. The molecule has 5 aromatic rings. The van der Waals surface area contributed by atoms with Crippen LogP contribution in [-0.4, -0.2) is 34.9 Å². The second kappa shape index (κ2) is 17.0. The number of halogens is 2. The van der Waals surface area contributed by atoms with Gasteiger partial charge in [-0.25, -0.2) is 9.78 Å². The van der Waals surface area contributed by atoms with E-state index in [2.05, 4.69) is 25.0 Å². The molecule has 3 aromatic carbocycles. The summed E-state index contributed by atoms with van der Waals surface area (Å²) in [6.07, 6.45) is 7.44. The van der Waals surface area contributed by atoms with Crippen LogP contribution in [0.1, 0.15) is 33.8 Å². The van der Waals surface area contributed by atoms with Crippen molar-refractivity contribution in [3.63, 3.8) is 0 Å². The number of imidazole rings is 1. The van der Waals surface area contributed by atoms with Gasteiger partial charge in [-0.2, -0.15) is 0 Å². The Bertz CT molecular complexity index is 1980.